The molecule has 0 aliphatic rings. The predicted octanol–water partition coefficient (Wildman–Crippen LogP) is 2.95. The Morgan fingerprint density at radius 1 is 1.38 bits per heavy atom. The van der Waals surface area contributed by atoms with Gasteiger partial charge in [-0.05, 0) is 51.3 Å². The maximum atomic E-state index is 5.76. The zero-order valence-electron chi connectivity index (χ0n) is 10.7. The van der Waals surface area contributed by atoms with Crippen molar-refractivity contribution in [3.05, 3.63) is 29.8 Å². The third-order valence-corrected chi connectivity index (χ3v) is 2.84. The van der Waals surface area contributed by atoms with Crippen LogP contribution in [0.3, 0.4) is 0 Å². The van der Waals surface area contributed by atoms with Gasteiger partial charge in [0.2, 0.25) is 0 Å². The Hall–Kier alpha value is -1.02. The van der Waals surface area contributed by atoms with Gasteiger partial charge in [-0.3, -0.25) is 0 Å². The fourth-order valence-electron chi connectivity index (χ4n) is 1.90. The highest BCUT2D eigenvalue weighted by Crippen LogP contribution is 2.16. The van der Waals surface area contributed by atoms with Crippen LogP contribution < -0.4 is 10.6 Å². The number of aryl methyl sites for hydroxylation is 1. The van der Waals surface area contributed by atoms with E-state index in [0.29, 0.717) is 6.04 Å². The van der Waals surface area contributed by atoms with Crippen LogP contribution >= 0.6 is 0 Å². The zero-order chi connectivity index (χ0) is 12.0. The van der Waals surface area contributed by atoms with Crippen molar-refractivity contribution in [2.24, 2.45) is 5.73 Å². The van der Waals surface area contributed by atoms with Crippen molar-refractivity contribution in [3.8, 4) is 0 Å². The Morgan fingerprint density at radius 3 is 2.69 bits per heavy atom. The second-order valence-electron chi connectivity index (χ2n) is 4.54. The molecule has 0 radical (unpaired) electrons. The third-order valence-electron chi connectivity index (χ3n) is 2.84. The summed E-state index contributed by atoms with van der Waals surface area (Å²) in [5.41, 5.74) is 8.41. The molecule has 1 aromatic carbocycles. The van der Waals surface area contributed by atoms with Gasteiger partial charge in [0, 0.05) is 24.8 Å². The lowest BCUT2D eigenvalue weighted by atomic mass is 10.1. The molecule has 0 bridgehead atoms. The summed E-state index contributed by atoms with van der Waals surface area (Å²) >= 11 is 0. The van der Waals surface area contributed by atoms with E-state index in [1.165, 1.54) is 17.7 Å². The van der Waals surface area contributed by atoms with Crippen molar-refractivity contribution in [2.75, 3.05) is 18.0 Å². The van der Waals surface area contributed by atoms with Crippen molar-refractivity contribution < 1.29 is 0 Å². The molecule has 2 heteroatoms. The summed E-state index contributed by atoms with van der Waals surface area (Å²) in [7, 11) is 0. The number of anilines is 1. The smallest absolute Gasteiger partial charge is 0.0368 e. The Kier molecular flexibility index (Phi) is 5.33. The van der Waals surface area contributed by atoms with Gasteiger partial charge in [0.1, 0.15) is 0 Å². The number of nitrogens with zero attached hydrogens (tertiary/aromatic N) is 1. The number of hydrogen-bond donors (Lipinski definition) is 1. The number of hydrogen-bond acceptors (Lipinski definition) is 2. The molecule has 0 saturated heterocycles. The first-order chi connectivity index (χ1) is 7.63. The van der Waals surface area contributed by atoms with Crippen LogP contribution in [-0.2, 0) is 0 Å². The molecule has 0 aliphatic carbocycles. The lowest BCUT2D eigenvalue weighted by Gasteiger charge is -2.23. The maximum Gasteiger partial charge on any atom is 0.0368 e. The van der Waals surface area contributed by atoms with Crippen LogP contribution in [0.1, 0.15) is 32.3 Å². The molecule has 1 unspecified atom stereocenters. The van der Waals surface area contributed by atoms with Crippen LogP contribution in [0.25, 0.3) is 0 Å². The summed E-state index contributed by atoms with van der Waals surface area (Å²) in [5, 5.41) is 0. The molecule has 0 spiro atoms. The standard InChI is InChI=1S/C14H24N2/c1-4-16(10-6-8-13(3)15)14-9-5-7-12(2)11-14/h5,7,9,11,13H,4,6,8,10,15H2,1-3H3. The number of rotatable bonds is 6. The Bertz CT molecular complexity index is 307. The molecule has 0 heterocycles. The molecule has 1 aromatic rings. The van der Waals surface area contributed by atoms with Crippen LogP contribution in [0.15, 0.2) is 24.3 Å². The number of nitrogens with two attached hydrogens (primary N) is 1. The first-order valence-corrected chi connectivity index (χ1v) is 6.20. The molecule has 0 amide bonds. The van der Waals surface area contributed by atoms with Crippen molar-refractivity contribution >= 4 is 5.69 Å². The lowest BCUT2D eigenvalue weighted by Crippen LogP contribution is -2.25. The van der Waals surface area contributed by atoms with Gasteiger partial charge in [-0.2, -0.15) is 0 Å². The second-order valence-corrected chi connectivity index (χ2v) is 4.54. The molecule has 2 N–H and O–H groups in total. The minimum absolute atomic E-state index is 0.316. The minimum atomic E-state index is 0.316. The number of benzene rings is 1. The minimum Gasteiger partial charge on any atom is -0.372 e. The van der Waals surface area contributed by atoms with Crippen molar-refractivity contribution in [1.82, 2.24) is 0 Å². The van der Waals surface area contributed by atoms with Gasteiger partial charge < -0.3 is 10.6 Å². The highest BCUT2D eigenvalue weighted by Gasteiger charge is 2.04. The molecule has 2 nitrogen and oxygen atoms in total. The fraction of sp³-hybridized carbons (Fsp3) is 0.571. The summed E-state index contributed by atoms with van der Waals surface area (Å²) in [6.07, 6.45) is 2.27. The van der Waals surface area contributed by atoms with Crippen molar-refractivity contribution in [2.45, 2.75) is 39.7 Å². The van der Waals surface area contributed by atoms with Gasteiger partial charge >= 0.3 is 0 Å². The summed E-state index contributed by atoms with van der Waals surface area (Å²) in [5.74, 6) is 0. The summed E-state index contributed by atoms with van der Waals surface area (Å²) in [6, 6.07) is 9.01. The zero-order valence-corrected chi connectivity index (χ0v) is 10.7. The lowest BCUT2D eigenvalue weighted by molar-refractivity contribution is 0.613. The fourth-order valence-corrected chi connectivity index (χ4v) is 1.90. The molecular formula is C14H24N2. The molecular weight excluding hydrogens is 196 g/mol. The van der Waals surface area contributed by atoms with E-state index in [1.807, 2.05) is 0 Å². The quantitative estimate of drug-likeness (QED) is 0.798. The molecule has 90 valence electrons. The summed E-state index contributed by atoms with van der Waals surface area (Å²) < 4.78 is 0. The maximum absolute atomic E-state index is 5.76. The van der Waals surface area contributed by atoms with Crippen molar-refractivity contribution in [1.29, 1.82) is 0 Å². The normalized spacial score (nSPS) is 12.5. The van der Waals surface area contributed by atoms with Gasteiger partial charge in [0.15, 0.2) is 0 Å². The van der Waals surface area contributed by atoms with Gasteiger partial charge in [0.25, 0.3) is 0 Å². The largest absolute Gasteiger partial charge is 0.372 e. The molecule has 16 heavy (non-hydrogen) atoms. The summed E-state index contributed by atoms with van der Waals surface area (Å²) in [6.45, 7) is 8.57. The molecule has 0 aliphatic heterocycles. The van der Waals surface area contributed by atoms with Gasteiger partial charge in [0.05, 0.1) is 0 Å². The molecule has 1 atom stereocenters. The predicted molar refractivity (Wildman–Crippen MR) is 71.9 cm³/mol. The summed E-state index contributed by atoms with van der Waals surface area (Å²) in [4.78, 5) is 2.41. The first kappa shape index (κ1) is 13.0. The van der Waals surface area contributed by atoms with Crippen LogP contribution in [0, 0.1) is 6.92 Å². The second kappa shape index (κ2) is 6.54. The van der Waals surface area contributed by atoms with Crippen LogP contribution in [0.5, 0.6) is 0 Å². The Morgan fingerprint density at radius 2 is 2.12 bits per heavy atom. The van der Waals surface area contributed by atoms with E-state index < -0.39 is 0 Å². The van der Waals surface area contributed by atoms with E-state index in [9.17, 15) is 0 Å². The van der Waals surface area contributed by atoms with E-state index in [2.05, 4.69) is 49.9 Å². The average Bonchev–Trinajstić information content (AvgIpc) is 2.24. The molecule has 0 fully saturated rings. The van der Waals surface area contributed by atoms with Crippen LogP contribution in [0.4, 0.5) is 5.69 Å². The molecule has 1 rings (SSSR count). The van der Waals surface area contributed by atoms with Crippen LogP contribution in [0.2, 0.25) is 0 Å². The average molecular weight is 220 g/mol. The first-order valence-electron chi connectivity index (χ1n) is 6.20. The van der Waals surface area contributed by atoms with E-state index >= 15 is 0 Å². The molecule has 0 saturated carbocycles. The van der Waals surface area contributed by atoms with E-state index in [1.54, 1.807) is 0 Å². The van der Waals surface area contributed by atoms with E-state index in [0.717, 1.165) is 19.5 Å². The topological polar surface area (TPSA) is 29.3 Å². The van der Waals surface area contributed by atoms with Gasteiger partial charge in [-0.25, -0.2) is 0 Å². The van der Waals surface area contributed by atoms with Gasteiger partial charge in [-0.15, -0.1) is 0 Å². The Labute approximate surface area is 99.5 Å². The van der Waals surface area contributed by atoms with Gasteiger partial charge in [-0.1, -0.05) is 12.1 Å². The van der Waals surface area contributed by atoms with Crippen LogP contribution in [-0.4, -0.2) is 19.1 Å². The third kappa shape index (κ3) is 4.23. The Balaban J connectivity index is 2.53. The highest BCUT2D eigenvalue weighted by molar-refractivity contribution is 5.48. The highest BCUT2D eigenvalue weighted by atomic mass is 15.1. The van der Waals surface area contributed by atoms with E-state index in [4.69, 9.17) is 5.73 Å². The van der Waals surface area contributed by atoms with Crippen molar-refractivity contribution in [3.63, 3.8) is 0 Å². The SMILES string of the molecule is CCN(CCCC(C)N)c1cccc(C)c1. The molecule has 0 aromatic heterocycles. The van der Waals surface area contributed by atoms with E-state index in [-0.39, 0.29) is 0 Å². The monoisotopic (exact) mass is 220 g/mol.